The largest absolute Gasteiger partial charge is 0.482 e. The van der Waals surface area contributed by atoms with Gasteiger partial charge in [0.05, 0.1) is 30.9 Å². The fourth-order valence-electron chi connectivity index (χ4n) is 12.1. The summed E-state index contributed by atoms with van der Waals surface area (Å²) in [7, 11) is 0. The number of rotatable bonds is 20. The molecule has 0 spiro atoms. The van der Waals surface area contributed by atoms with E-state index in [0.717, 1.165) is 6.42 Å². The first kappa shape index (κ1) is 81.1. The third kappa shape index (κ3) is 23.5. The summed E-state index contributed by atoms with van der Waals surface area (Å²) >= 11 is 0. The van der Waals surface area contributed by atoms with Crippen molar-refractivity contribution in [3.63, 3.8) is 0 Å². The second kappa shape index (κ2) is 40.6. The Morgan fingerprint density at radius 1 is 0.434 bits per heavy atom. The van der Waals surface area contributed by atoms with Crippen LogP contribution in [0.5, 0.6) is 11.5 Å². The third-order valence-corrected chi connectivity index (χ3v) is 18.2. The number of carbonyl (C=O) groups excluding carboxylic acids is 8. The van der Waals surface area contributed by atoms with Crippen molar-refractivity contribution >= 4 is 47.3 Å². The lowest BCUT2D eigenvalue weighted by atomic mass is 10.1. The molecule has 8 aliphatic heterocycles. The maximum atomic E-state index is 14.6. The Morgan fingerprint density at radius 2 is 0.868 bits per heavy atom. The lowest BCUT2D eigenvalue weighted by Gasteiger charge is -2.28. The third-order valence-electron chi connectivity index (χ3n) is 18.2. The summed E-state index contributed by atoms with van der Waals surface area (Å²) in [6.45, 7) is 13.2. The van der Waals surface area contributed by atoms with Gasteiger partial charge in [0.15, 0.2) is 11.5 Å². The van der Waals surface area contributed by atoms with Gasteiger partial charge < -0.3 is 79.8 Å². The molecule has 8 amide bonds. The highest BCUT2D eigenvalue weighted by atomic mass is 16.5. The van der Waals surface area contributed by atoms with Crippen molar-refractivity contribution < 1.29 is 57.3 Å². The summed E-state index contributed by atoms with van der Waals surface area (Å²) in [4.78, 5) is 175. The summed E-state index contributed by atoms with van der Waals surface area (Å²) in [5, 5.41) is 23.1. The summed E-state index contributed by atoms with van der Waals surface area (Å²) in [5.41, 5.74) is 0.377. The fourth-order valence-corrected chi connectivity index (χ4v) is 12.1. The maximum Gasteiger partial charge on any atom is 0.294 e. The lowest BCUT2D eigenvalue weighted by molar-refractivity contribution is -0.122. The first-order valence-electron chi connectivity index (χ1n) is 35.8. The van der Waals surface area contributed by atoms with Crippen molar-refractivity contribution in [3.8, 4) is 11.5 Å². The zero-order valence-corrected chi connectivity index (χ0v) is 61.5. The van der Waals surface area contributed by atoms with Gasteiger partial charge in [-0.15, -0.1) is 0 Å². The van der Waals surface area contributed by atoms with E-state index in [0.29, 0.717) is 42.3 Å². The van der Waals surface area contributed by atoms with E-state index < -0.39 is 82.6 Å². The van der Waals surface area contributed by atoms with Crippen molar-refractivity contribution in [2.24, 2.45) is 0 Å². The second-order valence-electron chi connectivity index (χ2n) is 26.0. The molecule has 106 heavy (non-hydrogen) atoms. The van der Waals surface area contributed by atoms with Gasteiger partial charge in [-0.1, -0.05) is 67.6 Å². The molecule has 0 saturated heterocycles. The van der Waals surface area contributed by atoms with Gasteiger partial charge in [0.25, 0.3) is 45.9 Å². The Morgan fingerprint density at radius 3 is 1.36 bits per heavy atom. The molecule has 0 aliphatic carbocycles. The molecule has 12 heterocycles. The average molecular weight is 1470 g/mol. The molecule has 8 aliphatic rings. The van der Waals surface area contributed by atoms with Crippen molar-refractivity contribution in [1.82, 2.24) is 75.5 Å². The van der Waals surface area contributed by atoms with E-state index in [1.807, 2.05) is 33.8 Å². The van der Waals surface area contributed by atoms with Crippen LogP contribution in [0.4, 0.5) is 0 Å². The number of pyridine rings is 4. The average Bonchev–Trinajstić information content (AvgIpc) is 0.795. The first-order valence-corrected chi connectivity index (χ1v) is 35.8. The number of amides is 8. The molecule has 0 unspecified atom stereocenters. The van der Waals surface area contributed by atoms with Gasteiger partial charge >= 0.3 is 0 Å². The molecule has 0 atom stereocenters. The molecule has 31 nitrogen and oxygen atoms in total. The van der Waals surface area contributed by atoms with Crippen LogP contribution in [0.15, 0.2) is 104 Å². The molecule has 14 rings (SSSR count). The highest BCUT2D eigenvalue weighted by Gasteiger charge is 2.27. The molecular formula is C75H99N15O16. The molecule has 8 N–H and O–H groups in total. The molecule has 0 saturated carbocycles. The van der Waals surface area contributed by atoms with Crippen molar-refractivity contribution in [2.75, 3.05) is 138 Å². The SMILES string of the molecule is CCCOCCOCCNC(=O)c1cc(C)n(CC(=O)NCCN2CCNC(=O)Cn3c(C)cc(c(C)c3=O)C(=O)NCCN3CCNC(=O)c4cc(C)n(c(=O)c4OCc4ccccc4)CC(=O)NCCN(CCNC(=O)Cn4c(C)cc(c(OCc5ccccc5)c4=O)C(=O)NCC3)CC2)c(=O)c1C. The topological polar surface area (TPSA) is 367 Å². The van der Waals surface area contributed by atoms with Gasteiger partial charge in [-0.05, 0) is 83.4 Å². The number of hydrogen-bond acceptors (Lipinski definition) is 19. The van der Waals surface area contributed by atoms with Crippen LogP contribution in [0, 0.1) is 41.5 Å². The Kier molecular flexibility index (Phi) is 31.1. The summed E-state index contributed by atoms with van der Waals surface area (Å²) in [5.74, 6) is -5.09. The van der Waals surface area contributed by atoms with Crippen LogP contribution in [0.3, 0.4) is 0 Å². The van der Waals surface area contributed by atoms with Crippen LogP contribution in [-0.4, -0.2) is 218 Å². The number of ether oxygens (including phenoxy) is 4. The zero-order chi connectivity index (χ0) is 76.2. The normalized spacial score (nSPS) is 16.7. The number of benzene rings is 2. The zero-order valence-electron chi connectivity index (χ0n) is 61.5. The van der Waals surface area contributed by atoms with Gasteiger partial charge in [0.1, 0.15) is 39.4 Å². The maximum absolute atomic E-state index is 14.6. The summed E-state index contributed by atoms with van der Waals surface area (Å²) < 4.78 is 28.3. The molecule has 4 aromatic heterocycles. The van der Waals surface area contributed by atoms with E-state index in [1.165, 1.54) is 50.3 Å². The van der Waals surface area contributed by atoms with E-state index >= 15 is 0 Å². The molecule has 8 bridgehead atoms. The van der Waals surface area contributed by atoms with Gasteiger partial charge in [-0.2, -0.15) is 0 Å². The Labute approximate surface area is 614 Å². The molecule has 0 radical (unpaired) electrons. The second-order valence-corrected chi connectivity index (χ2v) is 26.0. The van der Waals surface area contributed by atoms with Crippen LogP contribution >= 0.6 is 0 Å². The van der Waals surface area contributed by atoms with Gasteiger partial charge in [0, 0.05) is 163 Å². The number of nitrogens with one attached hydrogen (secondary N) is 8. The van der Waals surface area contributed by atoms with Crippen LogP contribution in [0.25, 0.3) is 0 Å². The molecule has 2 aromatic carbocycles. The quantitative estimate of drug-likeness (QED) is 0.0473. The number of aromatic nitrogens is 4. The van der Waals surface area contributed by atoms with Crippen molar-refractivity contribution in [2.45, 2.75) is 94.3 Å². The monoisotopic (exact) mass is 1470 g/mol. The Hall–Kier alpha value is -10.6. The standard InChI is InChI=1S/C75H99N15O16/c1-8-36-103-38-39-104-37-26-83-69(96)59-41-51(3)88(73(100)55(59)7)45-63(92)77-20-28-85-27-19-76-62(91)44-87-50(2)40-58(54(6)72(87)99)68(95)80-23-31-84-32-24-81-70(97)60-42-52(4)89(74(101)66(60)105-48-56-15-11-9-12-16-56)46-64(93)78-21-29-86(35-34-85)30-22-79-65(94)47-90-53(5)43-61(71(98)82-25-33-84)67(75(90)102)106-49-57-17-13-10-14-18-57/h9-18,40-43H,8,19-39,44-49H2,1-7H3,(H,76,91)(H,77,92)(H,78,93)(H,79,94)(H,80,95)(H,81,97)(H,82,98)(H,83,96). The van der Waals surface area contributed by atoms with Crippen LogP contribution < -0.4 is 74.2 Å². The number of hydrogen-bond donors (Lipinski definition) is 8. The van der Waals surface area contributed by atoms with Crippen LogP contribution in [-0.2, 0) is 68.0 Å². The highest BCUT2D eigenvalue weighted by Crippen LogP contribution is 2.20. The van der Waals surface area contributed by atoms with Crippen molar-refractivity contribution in [3.05, 3.63) is 194 Å². The predicted molar refractivity (Wildman–Crippen MR) is 395 cm³/mol. The summed E-state index contributed by atoms with van der Waals surface area (Å²) in [6.07, 6.45) is 0.886. The molecule has 570 valence electrons. The Balaban J connectivity index is 1.11. The van der Waals surface area contributed by atoms with E-state index in [4.69, 9.17) is 18.9 Å². The molecule has 6 aromatic rings. The van der Waals surface area contributed by atoms with E-state index in [9.17, 15) is 57.5 Å². The summed E-state index contributed by atoms with van der Waals surface area (Å²) in [6, 6.07) is 24.0. The van der Waals surface area contributed by atoms with Gasteiger partial charge in [-0.3, -0.25) is 72.2 Å². The minimum atomic E-state index is -0.738. The van der Waals surface area contributed by atoms with E-state index in [-0.39, 0.29) is 200 Å². The van der Waals surface area contributed by atoms with Gasteiger partial charge in [-0.25, -0.2) is 0 Å². The molecular weight excluding hydrogens is 1370 g/mol. The first-order chi connectivity index (χ1) is 51.0. The molecule has 31 heteroatoms. The van der Waals surface area contributed by atoms with E-state index in [2.05, 4.69) is 42.5 Å². The fraction of sp³-hybridized carbons (Fsp3) is 0.467. The van der Waals surface area contributed by atoms with E-state index in [1.54, 1.807) is 82.3 Å². The molecule has 0 fully saturated rings. The van der Waals surface area contributed by atoms with Gasteiger partial charge in [0.2, 0.25) is 23.6 Å². The highest BCUT2D eigenvalue weighted by molar-refractivity contribution is 5.98. The lowest BCUT2D eigenvalue weighted by Crippen LogP contribution is -2.47. The predicted octanol–water partition coefficient (Wildman–Crippen LogP) is 0.203. The number of carbonyl (C=O) groups is 8. The van der Waals surface area contributed by atoms with Crippen LogP contribution in [0.1, 0.15) is 99.8 Å². The minimum Gasteiger partial charge on any atom is -0.482 e. The smallest absolute Gasteiger partial charge is 0.294 e. The number of aryl methyl sites for hydroxylation is 4. The Bertz CT molecular complexity index is 4190. The number of nitrogens with zero attached hydrogens (tertiary/aromatic N) is 7. The van der Waals surface area contributed by atoms with Crippen molar-refractivity contribution in [1.29, 1.82) is 0 Å². The minimum absolute atomic E-state index is 0.00302. The van der Waals surface area contributed by atoms with Crippen LogP contribution in [0.2, 0.25) is 0 Å².